The van der Waals surface area contributed by atoms with Crippen LogP contribution in [0.1, 0.15) is 101 Å². The maximum absolute atomic E-state index is 13.5. The molecule has 7 N–H and O–H groups in total. The van der Waals surface area contributed by atoms with Crippen molar-refractivity contribution in [3.05, 3.63) is 0 Å². The maximum atomic E-state index is 13.5. The van der Waals surface area contributed by atoms with Crippen molar-refractivity contribution in [3.8, 4) is 0 Å². The molecule has 0 aromatic rings. The van der Waals surface area contributed by atoms with Gasteiger partial charge >= 0.3 is 18.1 Å². The Balaban J connectivity index is 5.23. The first-order valence-corrected chi connectivity index (χ1v) is 18.5. The van der Waals surface area contributed by atoms with Gasteiger partial charge in [-0.15, -0.1) is 0 Å². The van der Waals surface area contributed by atoms with Gasteiger partial charge in [0, 0.05) is 50.6 Å². The molecule has 0 aromatic heterocycles. The first-order valence-electron chi connectivity index (χ1n) is 18.5. The highest BCUT2D eigenvalue weighted by Gasteiger charge is 2.43. The van der Waals surface area contributed by atoms with Crippen molar-refractivity contribution in [2.24, 2.45) is 47.2 Å². The SMILES string of the molecule is CC(C)C[C@@H](CC(=O)OOC(=O)C(F)(F)F)NC(=O)C[C@H](C)NC(=O)C[C@@H](NC(=O)[C@H](CNC(=O)[C@@H](C)CNC(=O)[C@H](CN)C(C)C)CC(C)C)C(C)C. The molecule has 54 heavy (non-hydrogen) atoms. The fourth-order valence-electron chi connectivity index (χ4n) is 5.44. The van der Waals surface area contributed by atoms with Crippen molar-refractivity contribution < 1.29 is 56.5 Å². The molecule has 0 aliphatic heterocycles. The van der Waals surface area contributed by atoms with Crippen LogP contribution in [0.5, 0.6) is 0 Å². The number of nitrogens with two attached hydrogens (primary N) is 1. The van der Waals surface area contributed by atoms with Gasteiger partial charge in [0.15, 0.2) is 0 Å². The largest absolute Gasteiger partial charge is 0.495 e. The average Bonchev–Trinajstić information content (AvgIpc) is 3.02. The average molecular weight is 781 g/mol. The molecule has 0 heterocycles. The van der Waals surface area contributed by atoms with Crippen LogP contribution in [-0.4, -0.2) is 85.4 Å². The van der Waals surface area contributed by atoms with E-state index in [9.17, 15) is 46.7 Å². The molecule has 18 heteroatoms. The van der Waals surface area contributed by atoms with E-state index >= 15 is 0 Å². The molecule has 0 rings (SSSR count). The summed E-state index contributed by atoms with van der Waals surface area (Å²) in [4.78, 5) is 94.8. The van der Waals surface area contributed by atoms with E-state index in [1.54, 1.807) is 27.7 Å². The third kappa shape index (κ3) is 21.1. The molecule has 0 aromatic carbocycles. The van der Waals surface area contributed by atoms with Crippen LogP contribution in [0.3, 0.4) is 0 Å². The number of carbonyl (C=O) groups is 7. The van der Waals surface area contributed by atoms with Crippen molar-refractivity contribution >= 4 is 41.5 Å². The van der Waals surface area contributed by atoms with Crippen molar-refractivity contribution in [2.45, 2.75) is 126 Å². The highest BCUT2D eigenvalue weighted by atomic mass is 19.4. The molecule has 5 amide bonds. The van der Waals surface area contributed by atoms with Crippen molar-refractivity contribution in [3.63, 3.8) is 0 Å². The first kappa shape index (κ1) is 50.0. The monoisotopic (exact) mass is 780 g/mol. The Labute approximate surface area is 316 Å². The predicted molar refractivity (Wildman–Crippen MR) is 193 cm³/mol. The van der Waals surface area contributed by atoms with Gasteiger partial charge in [-0.05, 0) is 43.4 Å². The summed E-state index contributed by atoms with van der Waals surface area (Å²) in [5, 5.41) is 13.9. The molecular formula is C36H63F3N6O9. The van der Waals surface area contributed by atoms with Gasteiger partial charge < -0.3 is 32.3 Å². The molecule has 6 atom stereocenters. The Morgan fingerprint density at radius 1 is 0.630 bits per heavy atom. The van der Waals surface area contributed by atoms with E-state index in [1.165, 1.54) is 0 Å². The third-order valence-electron chi connectivity index (χ3n) is 8.49. The molecule has 0 unspecified atom stereocenters. The number of carbonyl (C=O) groups excluding carboxylic acids is 7. The normalized spacial score (nSPS) is 15.1. The molecular weight excluding hydrogens is 717 g/mol. The smallest absolute Gasteiger partial charge is 0.355 e. The number of rotatable bonds is 23. The lowest BCUT2D eigenvalue weighted by atomic mass is 9.93. The van der Waals surface area contributed by atoms with Gasteiger partial charge in [0.1, 0.15) is 0 Å². The zero-order chi connectivity index (χ0) is 41.9. The minimum absolute atomic E-state index is 0.0419. The van der Waals surface area contributed by atoms with Crippen LogP contribution in [0, 0.1) is 41.4 Å². The highest BCUT2D eigenvalue weighted by molar-refractivity contribution is 5.84. The lowest BCUT2D eigenvalue weighted by molar-refractivity contribution is -0.286. The zero-order valence-corrected chi connectivity index (χ0v) is 33.3. The highest BCUT2D eigenvalue weighted by Crippen LogP contribution is 2.18. The molecule has 0 spiro atoms. The van der Waals surface area contributed by atoms with E-state index in [1.807, 2.05) is 41.5 Å². The Hall–Kier alpha value is -3.96. The quantitative estimate of drug-likeness (QED) is 0.0657. The maximum Gasteiger partial charge on any atom is 0.495 e. The standard InChI is InChI=1S/C36H63F3N6O9/c1-19(2)11-25(18-42-32(49)23(9)17-41-34(51)27(16-40)21(5)6)33(50)45-28(22(7)8)15-30(47)43-24(10)13-29(46)44-26(12-20(3)4)14-31(48)53-54-35(52)36(37,38)39/h19-28H,11-18,40H2,1-10H3,(H,41,51)(H,42,49)(H,43,47)(H,44,46)(H,45,50)/t23-,24-,25-,26-,27+,28+/m0/s1. The van der Waals surface area contributed by atoms with Gasteiger partial charge in [0.25, 0.3) is 0 Å². The predicted octanol–water partition coefficient (Wildman–Crippen LogP) is 2.66. The topological polar surface area (TPSA) is 224 Å². The fourth-order valence-corrected chi connectivity index (χ4v) is 5.44. The van der Waals surface area contributed by atoms with Crippen LogP contribution in [0.25, 0.3) is 0 Å². The molecule has 15 nitrogen and oxygen atoms in total. The van der Waals surface area contributed by atoms with Crippen LogP contribution in [0.15, 0.2) is 0 Å². The summed E-state index contributed by atoms with van der Waals surface area (Å²) < 4.78 is 36.9. The number of hydrogen-bond acceptors (Lipinski definition) is 10. The lowest BCUT2D eigenvalue weighted by Gasteiger charge is -2.27. The molecule has 0 saturated carbocycles. The van der Waals surface area contributed by atoms with Gasteiger partial charge in [-0.2, -0.15) is 13.2 Å². The van der Waals surface area contributed by atoms with Crippen LogP contribution < -0.4 is 32.3 Å². The second kappa shape index (κ2) is 24.4. The Morgan fingerprint density at radius 3 is 1.69 bits per heavy atom. The van der Waals surface area contributed by atoms with Crippen LogP contribution in [-0.2, 0) is 43.3 Å². The summed E-state index contributed by atoms with van der Waals surface area (Å²) in [5.74, 6) is -7.46. The molecule has 0 aliphatic rings. The first-order chi connectivity index (χ1) is 24.9. The Morgan fingerprint density at radius 2 is 1.19 bits per heavy atom. The minimum atomic E-state index is -5.35. The second-order valence-corrected chi connectivity index (χ2v) is 15.5. The summed E-state index contributed by atoms with van der Waals surface area (Å²) >= 11 is 0. The van der Waals surface area contributed by atoms with Crippen LogP contribution in [0.2, 0.25) is 0 Å². The molecule has 0 radical (unpaired) electrons. The molecule has 0 bridgehead atoms. The van der Waals surface area contributed by atoms with E-state index in [-0.39, 0.29) is 86.2 Å². The molecule has 312 valence electrons. The third-order valence-corrected chi connectivity index (χ3v) is 8.49. The Kier molecular flexibility index (Phi) is 22.7. The van der Waals surface area contributed by atoms with Gasteiger partial charge in [-0.1, -0.05) is 62.3 Å². The summed E-state index contributed by atoms with van der Waals surface area (Å²) in [7, 11) is 0. The van der Waals surface area contributed by atoms with Crippen molar-refractivity contribution in [1.29, 1.82) is 0 Å². The van der Waals surface area contributed by atoms with Gasteiger partial charge in [0.2, 0.25) is 29.5 Å². The van der Waals surface area contributed by atoms with Crippen molar-refractivity contribution in [1.82, 2.24) is 26.6 Å². The van der Waals surface area contributed by atoms with Gasteiger partial charge in [0.05, 0.1) is 24.2 Å². The Bertz CT molecular complexity index is 1250. The van der Waals surface area contributed by atoms with Crippen molar-refractivity contribution in [2.75, 3.05) is 19.6 Å². The van der Waals surface area contributed by atoms with E-state index in [2.05, 4.69) is 36.4 Å². The number of amides is 5. The van der Waals surface area contributed by atoms with Crippen LogP contribution >= 0.6 is 0 Å². The van der Waals surface area contributed by atoms with Crippen LogP contribution in [0.4, 0.5) is 13.2 Å². The summed E-state index contributed by atoms with van der Waals surface area (Å²) in [6.45, 7) is 18.5. The molecule has 0 aliphatic carbocycles. The molecule has 0 saturated heterocycles. The number of halogens is 3. The number of nitrogens with one attached hydrogen (secondary N) is 5. The summed E-state index contributed by atoms with van der Waals surface area (Å²) in [5.41, 5.74) is 5.71. The zero-order valence-electron chi connectivity index (χ0n) is 33.3. The summed E-state index contributed by atoms with van der Waals surface area (Å²) in [6, 6.07) is -2.12. The number of hydrogen-bond donors (Lipinski definition) is 6. The van der Waals surface area contributed by atoms with Gasteiger partial charge in [-0.3, -0.25) is 24.0 Å². The lowest BCUT2D eigenvalue weighted by Crippen LogP contribution is -2.49. The van der Waals surface area contributed by atoms with E-state index in [0.717, 1.165) is 0 Å². The van der Waals surface area contributed by atoms with E-state index < -0.39 is 66.3 Å². The minimum Gasteiger partial charge on any atom is -0.355 e. The van der Waals surface area contributed by atoms with E-state index in [4.69, 9.17) is 5.73 Å². The second-order valence-electron chi connectivity index (χ2n) is 15.5. The summed E-state index contributed by atoms with van der Waals surface area (Å²) in [6.07, 6.45) is -5.53. The molecule has 0 fully saturated rings. The van der Waals surface area contributed by atoms with E-state index in [0.29, 0.717) is 6.42 Å². The number of alkyl halides is 3. The van der Waals surface area contributed by atoms with Gasteiger partial charge in [-0.25, -0.2) is 19.4 Å². The fraction of sp³-hybridized carbons (Fsp3) is 0.806.